The monoisotopic (exact) mass is 382 g/mol. The van der Waals surface area contributed by atoms with Crippen LogP contribution in [-0.4, -0.2) is 7.11 Å². The number of aryl methyl sites for hydroxylation is 2. The summed E-state index contributed by atoms with van der Waals surface area (Å²) in [5.74, 6) is 0.886. The summed E-state index contributed by atoms with van der Waals surface area (Å²) in [6.45, 7) is 4.25. The summed E-state index contributed by atoms with van der Waals surface area (Å²) in [5.41, 5.74) is 4.96. The summed E-state index contributed by atoms with van der Waals surface area (Å²) >= 11 is 7.27. The van der Waals surface area contributed by atoms with Gasteiger partial charge >= 0.3 is 0 Å². The van der Waals surface area contributed by atoms with E-state index in [0.717, 1.165) is 15.8 Å². The fraction of sp³-hybridized carbons (Fsp3) is 0.250. The molecule has 2 aromatic carbocycles. The molecule has 0 bridgehead atoms. The van der Waals surface area contributed by atoms with Gasteiger partial charge in [-0.15, -0.1) is 0 Å². The van der Waals surface area contributed by atoms with Gasteiger partial charge in [-0.25, -0.2) is 0 Å². The second-order valence-corrected chi connectivity index (χ2v) is 6.44. The molecule has 0 amide bonds. The lowest BCUT2D eigenvalue weighted by atomic mass is 9.98. The van der Waals surface area contributed by atoms with Crippen LogP contribution in [0.2, 0.25) is 0 Å². The molecular formula is C16H16Br2O. The van der Waals surface area contributed by atoms with E-state index in [2.05, 4.69) is 70.0 Å². The maximum Gasteiger partial charge on any atom is 0.124 e. The Morgan fingerprint density at radius 2 is 1.74 bits per heavy atom. The number of benzene rings is 2. The zero-order valence-corrected chi connectivity index (χ0v) is 14.4. The molecule has 0 radical (unpaired) electrons. The van der Waals surface area contributed by atoms with E-state index in [-0.39, 0.29) is 4.83 Å². The molecule has 2 rings (SSSR count). The van der Waals surface area contributed by atoms with E-state index in [1.165, 1.54) is 16.7 Å². The first-order chi connectivity index (χ1) is 9.02. The average Bonchev–Trinajstić information content (AvgIpc) is 2.40. The summed E-state index contributed by atoms with van der Waals surface area (Å²) in [6, 6.07) is 12.6. The van der Waals surface area contributed by atoms with Crippen molar-refractivity contribution in [2.24, 2.45) is 0 Å². The number of hydrogen-bond donors (Lipinski definition) is 0. The Hall–Kier alpha value is -0.800. The fourth-order valence-corrected chi connectivity index (χ4v) is 3.31. The number of methoxy groups -OCH3 is 1. The van der Waals surface area contributed by atoms with Crippen LogP contribution in [0.3, 0.4) is 0 Å². The van der Waals surface area contributed by atoms with Crippen molar-refractivity contribution in [2.45, 2.75) is 18.7 Å². The molecule has 19 heavy (non-hydrogen) atoms. The summed E-state index contributed by atoms with van der Waals surface area (Å²) in [5, 5.41) is 0. The van der Waals surface area contributed by atoms with Crippen molar-refractivity contribution in [2.75, 3.05) is 7.11 Å². The Kier molecular flexibility index (Phi) is 4.69. The lowest BCUT2D eigenvalue weighted by molar-refractivity contribution is 0.410. The lowest BCUT2D eigenvalue weighted by Crippen LogP contribution is -1.99. The van der Waals surface area contributed by atoms with Gasteiger partial charge in [-0.05, 0) is 37.1 Å². The Labute approximate surface area is 131 Å². The molecule has 0 aliphatic carbocycles. The molecule has 100 valence electrons. The third kappa shape index (κ3) is 3.21. The van der Waals surface area contributed by atoms with Gasteiger partial charge in [0.2, 0.25) is 0 Å². The highest BCUT2D eigenvalue weighted by Crippen LogP contribution is 2.39. The Balaban J connectivity index is 2.49. The van der Waals surface area contributed by atoms with Crippen LogP contribution in [0.1, 0.15) is 27.1 Å². The van der Waals surface area contributed by atoms with Crippen LogP contribution in [0.5, 0.6) is 5.75 Å². The van der Waals surface area contributed by atoms with Crippen molar-refractivity contribution >= 4 is 31.9 Å². The Morgan fingerprint density at radius 1 is 1.00 bits per heavy atom. The van der Waals surface area contributed by atoms with E-state index in [1.54, 1.807) is 7.11 Å². The second kappa shape index (κ2) is 6.10. The third-order valence-electron chi connectivity index (χ3n) is 3.18. The van der Waals surface area contributed by atoms with E-state index in [1.807, 2.05) is 12.1 Å². The molecule has 0 saturated heterocycles. The van der Waals surface area contributed by atoms with Crippen LogP contribution < -0.4 is 4.74 Å². The van der Waals surface area contributed by atoms with E-state index in [9.17, 15) is 0 Å². The van der Waals surface area contributed by atoms with E-state index < -0.39 is 0 Å². The Morgan fingerprint density at radius 3 is 2.42 bits per heavy atom. The first kappa shape index (κ1) is 14.6. The van der Waals surface area contributed by atoms with Crippen molar-refractivity contribution in [1.82, 2.24) is 0 Å². The number of rotatable bonds is 3. The van der Waals surface area contributed by atoms with Crippen molar-refractivity contribution < 1.29 is 4.74 Å². The zero-order valence-electron chi connectivity index (χ0n) is 11.2. The van der Waals surface area contributed by atoms with Gasteiger partial charge in [-0.1, -0.05) is 61.7 Å². The van der Waals surface area contributed by atoms with Gasteiger partial charge in [0, 0.05) is 10.0 Å². The minimum Gasteiger partial charge on any atom is -0.496 e. The van der Waals surface area contributed by atoms with Gasteiger partial charge in [0.1, 0.15) is 5.75 Å². The minimum absolute atomic E-state index is 0.135. The molecular weight excluding hydrogens is 368 g/mol. The maximum atomic E-state index is 5.48. The first-order valence-electron chi connectivity index (χ1n) is 6.07. The summed E-state index contributed by atoms with van der Waals surface area (Å²) in [6.07, 6.45) is 0. The number of hydrogen-bond acceptors (Lipinski definition) is 1. The lowest BCUT2D eigenvalue weighted by Gasteiger charge is -2.17. The molecule has 0 spiro atoms. The van der Waals surface area contributed by atoms with Gasteiger partial charge < -0.3 is 4.74 Å². The summed E-state index contributed by atoms with van der Waals surface area (Å²) in [7, 11) is 1.70. The molecule has 1 atom stereocenters. The zero-order chi connectivity index (χ0) is 14.0. The third-order valence-corrected chi connectivity index (χ3v) is 4.66. The molecule has 3 heteroatoms. The predicted octanol–water partition coefficient (Wildman–Crippen LogP) is 5.56. The Bertz CT molecular complexity index is 593. The van der Waals surface area contributed by atoms with Crippen LogP contribution in [0.4, 0.5) is 0 Å². The highest BCUT2D eigenvalue weighted by atomic mass is 79.9. The molecule has 2 aromatic rings. The second-order valence-electron chi connectivity index (χ2n) is 4.61. The summed E-state index contributed by atoms with van der Waals surface area (Å²) < 4.78 is 6.50. The van der Waals surface area contributed by atoms with Gasteiger partial charge in [0.15, 0.2) is 0 Å². The number of halogens is 2. The van der Waals surface area contributed by atoms with Crippen LogP contribution >= 0.6 is 31.9 Å². The van der Waals surface area contributed by atoms with Crippen LogP contribution in [0, 0.1) is 13.8 Å². The largest absolute Gasteiger partial charge is 0.496 e. The highest BCUT2D eigenvalue weighted by Gasteiger charge is 2.17. The number of ether oxygens (including phenoxy) is 1. The first-order valence-corrected chi connectivity index (χ1v) is 7.78. The van der Waals surface area contributed by atoms with E-state index >= 15 is 0 Å². The molecule has 0 aliphatic rings. The molecule has 0 fully saturated rings. The number of alkyl halides is 1. The van der Waals surface area contributed by atoms with Gasteiger partial charge in [-0.3, -0.25) is 0 Å². The highest BCUT2D eigenvalue weighted by molar-refractivity contribution is 9.10. The van der Waals surface area contributed by atoms with Crippen LogP contribution in [0.25, 0.3) is 0 Å². The van der Waals surface area contributed by atoms with Crippen molar-refractivity contribution in [3.05, 3.63) is 63.1 Å². The fourth-order valence-electron chi connectivity index (χ4n) is 2.09. The van der Waals surface area contributed by atoms with Gasteiger partial charge in [0.05, 0.1) is 11.9 Å². The molecule has 0 heterocycles. The molecule has 0 aliphatic heterocycles. The molecule has 0 saturated carbocycles. The normalized spacial score (nSPS) is 12.3. The molecule has 1 nitrogen and oxygen atoms in total. The average molecular weight is 384 g/mol. The topological polar surface area (TPSA) is 9.23 Å². The minimum atomic E-state index is 0.135. The van der Waals surface area contributed by atoms with Gasteiger partial charge in [-0.2, -0.15) is 0 Å². The predicted molar refractivity (Wildman–Crippen MR) is 87.4 cm³/mol. The summed E-state index contributed by atoms with van der Waals surface area (Å²) in [4.78, 5) is 0.135. The molecule has 0 aromatic heterocycles. The van der Waals surface area contributed by atoms with Gasteiger partial charge in [0.25, 0.3) is 0 Å². The van der Waals surface area contributed by atoms with E-state index in [0.29, 0.717) is 0 Å². The smallest absolute Gasteiger partial charge is 0.124 e. The van der Waals surface area contributed by atoms with Crippen molar-refractivity contribution in [3.8, 4) is 5.75 Å². The molecule has 1 unspecified atom stereocenters. The SMILES string of the molecule is COc1cc(Br)ccc1C(Br)c1cc(C)ccc1C. The maximum absolute atomic E-state index is 5.48. The standard InChI is InChI=1S/C16H16Br2O/c1-10-4-5-11(2)14(8-10)16(18)13-7-6-12(17)9-15(13)19-3/h4-9,16H,1-3H3. The van der Waals surface area contributed by atoms with Crippen LogP contribution in [0.15, 0.2) is 40.9 Å². The molecule has 0 N–H and O–H groups in total. The quantitative estimate of drug-likeness (QED) is 0.630. The van der Waals surface area contributed by atoms with E-state index in [4.69, 9.17) is 4.74 Å². The van der Waals surface area contributed by atoms with Crippen LogP contribution in [-0.2, 0) is 0 Å². The van der Waals surface area contributed by atoms with Crippen molar-refractivity contribution in [3.63, 3.8) is 0 Å². The van der Waals surface area contributed by atoms with Crippen molar-refractivity contribution in [1.29, 1.82) is 0 Å².